The number of hydrogen-bond donors (Lipinski definition) is 1. The molecule has 2 aromatic rings. The first-order valence-corrected chi connectivity index (χ1v) is 7.03. The van der Waals surface area contributed by atoms with Crippen LogP contribution in [0.3, 0.4) is 0 Å². The first-order valence-electron chi connectivity index (χ1n) is 7.03. The summed E-state index contributed by atoms with van der Waals surface area (Å²) in [4.78, 5) is 4.27. The lowest BCUT2D eigenvalue weighted by atomic mass is 10.0. The summed E-state index contributed by atoms with van der Waals surface area (Å²) in [7, 11) is 0. The van der Waals surface area contributed by atoms with Crippen LogP contribution in [0.2, 0.25) is 0 Å². The van der Waals surface area contributed by atoms with E-state index in [2.05, 4.69) is 23.3 Å². The molecule has 2 rings (SSSR count). The standard InChI is InChI=1S/C16H22N2O2/c1-5-18-16(15-7-11(3)20-12(15)4)13-8-14(19-6-2)10-17-9-13/h7-10,16,18H,5-6H2,1-4H3. The van der Waals surface area contributed by atoms with Gasteiger partial charge in [0.1, 0.15) is 17.3 Å². The molecule has 4 nitrogen and oxygen atoms in total. The van der Waals surface area contributed by atoms with Gasteiger partial charge in [-0.25, -0.2) is 0 Å². The number of hydrogen-bond acceptors (Lipinski definition) is 4. The van der Waals surface area contributed by atoms with Gasteiger partial charge in [0.2, 0.25) is 0 Å². The SMILES string of the molecule is CCNC(c1cncc(OCC)c1)c1cc(C)oc1C. The maximum Gasteiger partial charge on any atom is 0.137 e. The van der Waals surface area contributed by atoms with E-state index in [0.717, 1.165) is 34.9 Å². The fraction of sp³-hybridized carbons (Fsp3) is 0.438. The Morgan fingerprint density at radius 3 is 2.65 bits per heavy atom. The molecule has 1 N–H and O–H groups in total. The van der Waals surface area contributed by atoms with Crippen molar-refractivity contribution in [1.82, 2.24) is 10.3 Å². The number of ether oxygens (including phenoxy) is 1. The molecular formula is C16H22N2O2. The second-order valence-corrected chi connectivity index (χ2v) is 4.75. The van der Waals surface area contributed by atoms with Gasteiger partial charge in [0.05, 0.1) is 18.8 Å². The Morgan fingerprint density at radius 1 is 1.25 bits per heavy atom. The van der Waals surface area contributed by atoms with Crippen LogP contribution in [-0.4, -0.2) is 18.1 Å². The Kier molecular flexibility index (Phi) is 4.79. The van der Waals surface area contributed by atoms with E-state index in [0.29, 0.717) is 6.61 Å². The molecule has 0 aliphatic carbocycles. The van der Waals surface area contributed by atoms with Crippen molar-refractivity contribution in [2.75, 3.05) is 13.2 Å². The second-order valence-electron chi connectivity index (χ2n) is 4.75. The highest BCUT2D eigenvalue weighted by Crippen LogP contribution is 2.28. The molecule has 0 amide bonds. The monoisotopic (exact) mass is 274 g/mol. The van der Waals surface area contributed by atoms with Crippen LogP contribution in [-0.2, 0) is 0 Å². The highest BCUT2D eigenvalue weighted by Gasteiger charge is 2.19. The highest BCUT2D eigenvalue weighted by molar-refractivity contribution is 5.36. The van der Waals surface area contributed by atoms with Gasteiger partial charge in [0, 0.05) is 11.8 Å². The quantitative estimate of drug-likeness (QED) is 0.877. The molecule has 20 heavy (non-hydrogen) atoms. The van der Waals surface area contributed by atoms with E-state index in [1.165, 1.54) is 0 Å². The highest BCUT2D eigenvalue weighted by atomic mass is 16.5. The molecule has 1 atom stereocenters. The largest absolute Gasteiger partial charge is 0.492 e. The second kappa shape index (κ2) is 6.57. The van der Waals surface area contributed by atoms with Crippen LogP contribution in [0.4, 0.5) is 0 Å². The summed E-state index contributed by atoms with van der Waals surface area (Å²) in [5, 5.41) is 3.48. The van der Waals surface area contributed by atoms with E-state index < -0.39 is 0 Å². The molecule has 0 aromatic carbocycles. The van der Waals surface area contributed by atoms with Gasteiger partial charge in [-0.2, -0.15) is 0 Å². The minimum absolute atomic E-state index is 0.0744. The van der Waals surface area contributed by atoms with Crippen molar-refractivity contribution >= 4 is 0 Å². The number of nitrogens with zero attached hydrogens (tertiary/aromatic N) is 1. The number of furan rings is 1. The van der Waals surface area contributed by atoms with Crippen LogP contribution in [0.1, 0.15) is 42.5 Å². The van der Waals surface area contributed by atoms with Crippen molar-refractivity contribution < 1.29 is 9.15 Å². The summed E-state index contributed by atoms with van der Waals surface area (Å²) < 4.78 is 11.2. The number of nitrogens with one attached hydrogen (secondary N) is 1. The van der Waals surface area contributed by atoms with Crippen molar-refractivity contribution in [3.8, 4) is 5.75 Å². The van der Waals surface area contributed by atoms with Crippen LogP contribution < -0.4 is 10.1 Å². The van der Waals surface area contributed by atoms with Gasteiger partial charge in [0.25, 0.3) is 0 Å². The molecule has 0 fully saturated rings. The molecule has 0 aliphatic heterocycles. The van der Waals surface area contributed by atoms with E-state index in [1.807, 2.05) is 33.0 Å². The van der Waals surface area contributed by atoms with E-state index >= 15 is 0 Å². The summed E-state index contributed by atoms with van der Waals surface area (Å²) in [5.41, 5.74) is 2.24. The Hall–Kier alpha value is -1.81. The summed E-state index contributed by atoms with van der Waals surface area (Å²) in [6.45, 7) is 9.53. The zero-order valence-corrected chi connectivity index (χ0v) is 12.6. The van der Waals surface area contributed by atoms with Gasteiger partial charge in [-0.15, -0.1) is 0 Å². The lowest BCUT2D eigenvalue weighted by Crippen LogP contribution is -2.22. The molecule has 0 bridgehead atoms. The van der Waals surface area contributed by atoms with Crippen LogP contribution in [0.25, 0.3) is 0 Å². The van der Waals surface area contributed by atoms with E-state index in [9.17, 15) is 0 Å². The van der Waals surface area contributed by atoms with E-state index in [-0.39, 0.29) is 6.04 Å². The van der Waals surface area contributed by atoms with Crippen LogP contribution in [0, 0.1) is 13.8 Å². The first-order chi connectivity index (χ1) is 9.65. The maximum atomic E-state index is 5.65. The molecule has 4 heteroatoms. The molecule has 0 saturated carbocycles. The smallest absolute Gasteiger partial charge is 0.137 e. The minimum atomic E-state index is 0.0744. The normalized spacial score (nSPS) is 12.4. The third-order valence-electron chi connectivity index (χ3n) is 3.18. The fourth-order valence-electron chi connectivity index (χ4n) is 2.39. The third-order valence-corrected chi connectivity index (χ3v) is 3.18. The summed E-state index contributed by atoms with van der Waals surface area (Å²) in [6, 6.07) is 4.19. The van der Waals surface area contributed by atoms with Crippen molar-refractivity contribution in [2.45, 2.75) is 33.7 Å². The molecule has 0 aliphatic rings. The van der Waals surface area contributed by atoms with Crippen molar-refractivity contribution in [3.63, 3.8) is 0 Å². The molecule has 0 radical (unpaired) electrons. The number of aryl methyl sites for hydroxylation is 2. The minimum Gasteiger partial charge on any atom is -0.492 e. The molecule has 0 saturated heterocycles. The van der Waals surface area contributed by atoms with Crippen LogP contribution in [0.5, 0.6) is 5.75 Å². The topological polar surface area (TPSA) is 47.3 Å². The van der Waals surface area contributed by atoms with Gasteiger partial charge in [-0.3, -0.25) is 4.98 Å². The Labute approximate surface area is 120 Å². The summed E-state index contributed by atoms with van der Waals surface area (Å²) >= 11 is 0. The van der Waals surface area contributed by atoms with E-state index in [1.54, 1.807) is 6.20 Å². The molecule has 2 heterocycles. The number of rotatable bonds is 6. The maximum absolute atomic E-state index is 5.65. The lowest BCUT2D eigenvalue weighted by molar-refractivity contribution is 0.338. The van der Waals surface area contributed by atoms with Gasteiger partial charge in [-0.05, 0) is 45.0 Å². The Morgan fingerprint density at radius 2 is 2.05 bits per heavy atom. The molecule has 1 unspecified atom stereocenters. The predicted octanol–water partition coefficient (Wildman–Crippen LogP) is 3.39. The first kappa shape index (κ1) is 14.6. The lowest BCUT2D eigenvalue weighted by Gasteiger charge is -2.18. The van der Waals surface area contributed by atoms with Crippen LogP contribution in [0.15, 0.2) is 28.9 Å². The van der Waals surface area contributed by atoms with Gasteiger partial charge in [-0.1, -0.05) is 6.92 Å². The predicted molar refractivity (Wildman–Crippen MR) is 79.1 cm³/mol. The van der Waals surface area contributed by atoms with Crippen molar-refractivity contribution in [2.24, 2.45) is 0 Å². The van der Waals surface area contributed by atoms with Gasteiger partial charge in [0.15, 0.2) is 0 Å². The average Bonchev–Trinajstić information content (AvgIpc) is 2.75. The zero-order valence-electron chi connectivity index (χ0n) is 12.6. The molecule has 0 spiro atoms. The Bertz CT molecular complexity index is 563. The average molecular weight is 274 g/mol. The summed E-state index contributed by atoms with van der Waals surface area (Å²) in [5.74, 6) is 2.66. The Balaban J connectivity index is 2.37. The zero-order chi connectivity index (χ0) is 14.5. The van der Waals surface area contributed by atoms with Gasteiger partial charge >= 0.3 is 0 Å². The number of aromatic nitrogens is 1. The van der Waals surface area contributed by atoms with Gasteiger partial charge < -0.3 is 14.5 Å². The molecular weight excluding hydrogens is 252 g/mol. The summed E-state index contributed by atoms with van der Waals surface area (Å²) in [6.07, 6.45) is 3.61. The van der Waals surface area contributed by atoms with Crippen molar-refractivity contribution in [1.29, 1.82) is 0 Å². The molecule has 108 valence electrons. The van der Waals surface area contributed by atoms with E-state index in [4.69, 9.17) is 9.15 Å². The third kappa shape index (κ3) is 3.20. The fourth-order valence-corrected chi connectivity index (χ4v) is 2.39. The van der Waals surface area contributed by atoms with Crippen molar-refractivity contribution in [3.05, 3.63) is 47.2 Å². The number of pyridine rings is 1. The molecule has 2 aromatic heterocycles. The van der Waals surface area contributed by atoms with Crippen LogP contribution >= 0.6 is 0 Å².